The second-order valence-corrected chi connectivity index (χ2v) is 5.82. The molecular formula is C13H24N2O3. The van der Waals surface area contributed by atoms with Crippen LogP contribution in [0.15, 0.2) is 0 Å². The summed E-state index contributed by atoms with van der Waals surface area (Å²) >= 11 is 0. The maximum absolute atomic E-state index is 11.9. The molecule has 2 amide bonds. The molecule has 5 heteroatoms. The SMILES string of the molecule is CCC1(C)C(=O)NCC(=O)N1CCOC(C)(C)C. The van der Waals surface area contributed by atoms with Crippen LogP contribution in [0.4, 0.5) is 0 Å². The van der Waals surface area contributed by atoms with Crippen LogP contribution in [-0.4, -0.2) is 47.6 Å². The third-order valence-electron chi connectivity index (χ3n) is 3.32. The van der Waals surface area contributed by atoms with Gasteiger partial charge < -0.3 is 15.0 Å². The van der Waals surface area contributed by atoms with E-state index < -0.39 is 5.54 Å². The van der Waals surface area contributed by atoms with Crippen LogP contribution in [0.3, 0.4) is 0 Å². The van der Waals surface area contributed by atoms with Crippen molar-refractivity contribution >= 4 is 11.8 Å². The van der Waals surface area contributed by atoms with E-state index in [0.717, 1.165) is 0 Å². The number of amides is 2. The zero-order valence-corrected chi connectivity index (χ0v) is 12.0. The Bertz CT molecular complexity index is 336. The highest BCUT2D eigenvalue weighted by molar-refractivity contribution is 5.97. The molecule has 1 aliphatic heterocycles. The quantitative estimate of drug-likeness (QED) is 0.814. The maximum atomic E-state index is 11.9. The van der Waals surface area contributed by atoms with Gasteiger partial charge in [0.15, 0.2) is 0 Å². The number of hydrogen-bond donors (Lipinski definition) is 1. The summed E-state index contributed by atoms with van der Waals surface area (Å²) in [4.78, 5) is 25.5. The van der Waals surface area contributed by atoms with Crippen LogP contribution in [0.25, 0.3) is 0 Å². The smallest absolute Gasteiger partial charge is 0.246 e. The normalized spacial score (nSPS) is 25.3. The molecule has 0 bridgehead atoms. The molecule has 0 aromatic heterocycles. The highest BCUT2D eigenvalue weighted by Gasteiger charge is 2.43. The van der Waals surface area contributed by atoms with E-state index in [1.807, 2.05) is 27.7 Å². The molecule has 1 fully saturated rings. The summed E-state index contributed by atoms with van der Waals surface area (Å²) < 4.78 is 5.63. The van der Waals surface area contributed by atoms with Gasteiger partial charge in [-0.2, -0.15) is 0 Å². The van der Waals surface area contributed by atoms with E-state index in [0.29, 0.717) is 19.6 Å². The molecule has 0 aliphatic carbocycles. The highest BCUT2D eigenvalue weighted by atomic mass is 16.5. The molecule has 1 heterocycles. The molecule has 0 radical (unpaired) electrons. The fourth-order valence-corrected chi connectivity index (χ4v) is 2.01. The van der Waals surface area contributed by atoms with Crippen molar-refractivity contribution < 1.29 is 14.3 Å². The van der Waals surface area contributed by atoms with Crippen molar-refractivity contribution in [1.82, 2.24) is 10.2 Å². The summed E-state index contributed by atoms with van der Waals surface area (Å²) in [5, 5.41) is 2.64. The van der Waals surface area contributed by atoms with Crippen molar-refractivity contribution in [2.24, 2.45) is 0 Å². The topological polar surface area (TPSA) is 58.6 Å². The van der Waals surface area contributed by atoms with Gasteiger partial charge in [-0.1, -0.05) is 6.92 Å². The number of piperazine rings is 1. The van der Waals surface area contributed by atoms with Crippen molar-refractivity contribution in [3.63, 3.8) is 0 Å². The molecule has 0 aromatic carbocycles. The second-order valence-electron chi connectivity index (χ2n) is 5.82. The lowest BCUT2D eigenvalue weighted by Gasteiger charge is -2.43. The fraction of sp³-hybridized carbons (Fsp3) is 0.846. The van der Waals surface area contributed by atoms with Gasteiger partial charge in [0.2, 0.25) is 11.8 Å². The molecule has 0 saturated carbocycles. The average molecular weight is 256 g/mol. The highest BCUT2D eigenvalue weighted by Crippen LogP contribution is 2.23. The molecule has 1 aliphatic rings. The number of rotatable bonds is 4. The van der Waals surface area contributed by atoms with Crippen LogP contribution in [0.2, 0.25) is 0 Å². The molecule has 1 rings (SSSR count). The molecule has 0 spiro atoms. The lowest BCUT2D eigenvalue weighted by atomic mass is 9.93. The lowest BCUT2D eigenvalue weighted by molar-refractivity contribution is -0.154. The van der Waals surface area contributed by atoms with Crippen LogP contribution in [0.1, 0.15) is 41.0 Å². The van der Waals surface area contributed by atoms with Gasteiger partial charge in [0, 0.05) is 6.54 Å². The first-order valence-corrected chi connectivity index (χ1v) is 6.43. The average Bonchev–Trinajstić information content (AvgIpc) is 2.27. The van der Waals surface area contributed by atoms with Crippen molar-refractivity contribution in [1.29, 1.82) is 0 Å². The first kappa shape index (κ1) is 15.0. The summed E-state index contributed by atoms with van der Waals surface area (Å²) in [5.41, 5.74) is -0.986. The Hall–Kier alpha value is -1.10. The lowest BCUT2D eigenvalue weighted by Crippen LogP contribution is -2.66. The van der Waals surface area contributed by atoms with Gasteiger partial charge in [-0.3, -0.25) is 9.59 Å². The van der Waals surface area contributed by atoms with Crippen LogP contribution in [0, 0.1) is 0 Å². The predicted molar refractivity (Wildman–Crippen MR) is 69.1 cm³/mol. The predicted octanol–water partition coefficient (Wildman–Crippen LogP) is 0.929. The number of carbonyl (C=O) groups is 2. The Morgan fingerprint density at radius 1 is 1.39 bits per heavy atom. The Morgan fingerprint density at radius 2 is 2.00 bits per heavy atom. The molecule has 18 heavy (non-hydrogen) atoms. The van der Waals surface area contributed by atoms with Crippen LogP contribution in [0.5, 0.6) is 0 Å². The molecule has 1 N–H and O–H groups in total. The standard InChI is InChI=1S/C13H24N2O3/c1-6-13(5)11(17)14-9-10(16)15(13)7-8-18-12(2,3)4/h6-9H2,1-5H3,(H,14,17). The fourth-order valence-electron chi connectivity index (χ4n) is 2.01. The second kappa shape index (κ2) is 5.26. The zero-order chi connectivity index (χ0) is 14.0. The van der Waals surface area contributed by atoms with Gasteiger partial charge >= 0.3 is 0 Å². The third-order valence-corrected chi connectivity index (χ3v) is 3.32. The van der Waals surface area contributed by atoms with Crippen LogP contribution < -0.4 is 5.32 Å². The van der Waals surface area contributed by atoms with Gasteiger partial charge in [-0.05, 0) is 34.1 Å². The Kier molecular flexibility index (Phi) is 4.37. The van der Waals surface area contributed by atoms with Gasteiger partial charge in [-0.15, -0.1) is 0 Å². The number of nitrogens with zero attached hydrogens (tertiary/aromatic N) is 1. The van der Waals surface area contributed by atoms with E-state index >= 15 is 0 Å². The van der Waals surface area contributed by atoms with Crippen LogP contribution in [-0.2, 0) is 14.3 Å². The summed E-state index contributed by atoms with van der Waals surface area (Å²) in [6, 6.07) is 0. The maximum Gasteiger partial charge on any atom is 0.246 e. The molecule has 5 nitrogen and oxygen atoms in total. The zero-order valence-electron chi connectivity index (χ0n) is 12.0. The molecule has 1 unspecified atom stereocenters. The minimum absolute atomic E-state index is 0.0449. The Morgan fingerprint density at radius 3 is 2.50 bits per heavy atom. The summed E-state index contributed by atoms with van der Waals surface area (Å²) in [6.45, 7) is 10.6. The summed E-state index contributed by atoms with van der Waals surface area (Å²) in [6.07, 6.45) is 0.597. The van der Waals surface area contributed by atoms with Gasteiger partial charge in [0.05, 0.1) is 18.8 Å². The molecule has 1 atom stereocenters. The Balaban J connectivity index is 2.70. The van der Waals surface area contributed by atoms with Gasteiger partial charge in [0.1, 0.15) is 5.54 Å². The van der Waals surface area contributed by atoms with Crippen molar-refractivity contribution in [2.45, 2.75) is 52.2 Å². The van der Waals surface area contributed by atoms with Crippen LogP contribution >= 0.6 is 0 Å². The number of hydrogen-bond acceptors (Lipinski definition) is 3. The molecule has 1 saturated heterocycles. The number of nitrogens with one attached hydrogen (secondary N) is 1. The summed E-state index contributed by atoms with van der Waals surface area (Å²) in [7, 11) is 0. The molecule has 104 valence electrons. The third kappa shape index (κ3) is 3.22. The van der Waals surface area contributed by atoms with Crippen molar-refractivity contribution in [3.05, 3.63) is 0 Å². The van der Waals surface area contributed by atoms with Gasteiger partial charge in [0.25, 0.3) is 0 Å². The number of ether oxygens (including phenoxy) is 1. The van der Waals surface area contributed by atoms with Crippen molar-refractivity contribution in [2.75, 3.05) is 19.7 Å². The molecular weight excluding hydrogens is 232 g/mol. The minimum Gasteiger partial charge on any atom is -0.374 e. The van der Waals surface area contributed by atoms with Crippen molar-refractivity contribution in [3.8, 4) is 0 Å². The Labute approximate surface area is 109 Å². The van der Waals surface area contributed by atoms with Gasteiger partial charge in [-0.25, -0.2) is 0 Å². The monoisotopic (exact) mass is 256 g/mol. The molecule has 0 aromatic rings. The first-order chi connectivity index (χ1) is 8.20. The summed E-state index contributed by atoms with van der Waals surface area (Å²) in [5.74, 6) is -0.128. The van der Waals surface area contributed by atoms with E-state index in [-0.39, 0.29) is 24.0 Å². The largest absolute Gasteiger partial charge is 0.374 e. The van der Waals surface area contributed by atoms with E-state index in [4.69, 9.17) is 4.74 Å². The number of carbonyl (C=O) groups excluding carboxylic acids is 2. The van der Waals surface area contributed by atoms with E-state index in [9.17, 15) is 9.59 Å². The van der Waals surface area contributed by atoms with E-state index in [1.165, 1.54) is 0 Å². The van der Waals surface area contributed by atoms with E-state index in [2.05, 4.69) is 5.32 Å². The van der Waals surface area contributed by atoms with E-state index in [1.54, 1.807) is 11.8 Å². The minimum atomic E-state index is -0.753. The first-order valence-electron chi connectivity index (χ1n) is 6.43.